The molecule has 0 radical (unpaired) electrons. The number of hydrogen-bond acceptors (Lipinski definition) is 4. The van der Waals surface area contributed by atoms with Gasteiger partial charge in [0.25, 0.3) is 0 Å². The third-order valence-electron chi connectivity index (χ3n) is 2.37. The summed E-state index contributed by atoms with van der Waals surface area (Å²) in [7, 11) is 1.34. The van der Waals surface area contributed by atoms with E-state index >= 15 is 0 Å². The monoisotopic (exact) mass is 255 g/mol. The maximum atomic E-state index is 13.4. The van der Waals surface area contributed by atoms with E-state index in [0.717, 1.165) is 6.07 Å². The summed E-state index contributed by atoms with van der Waals surface area (Å²) in [5.41, 5.74) is 5.55. The molecule has 6 nitrogen and oxygen atoms in total. The molecule has 0 aliphatic heterocycles. The third-order valence-corrected chi connectivity index (χ3v) is 2.37. The molecule has 0 fully saturated rings. The van der Waals surface area contributed by atoms with E-state index in [1.54, 1.807) is 0 Å². The fourth-order valence-electron chi connectivity index (χ4n) is 1.22. The SMILES string of the molecule is COc1ccc(NC(=O)C(C)C(N)=NO)cc1F. The molecule has 1 aromatic carbocycles. The number of halogens is 1. The lowest BCUT2D eigenvalue weighted by molar-refractivity contribution is -0.117. The Balaban J connectivity index is 2.79. The van der Waals surface area contributed by atoms with Gasteiger partial charge < -0.3 is 21.0 Å². The van der Waals surface area contributed by atoms with Crippen LogP contribution in [0.3, 0.4) is 0 Å². The van der Waals surface area contributed by atoms with Crippen LogP contribution in [0.15, 0.2) is 23.4 Å². The number of amides is 1. The zero-order valence-corrected chi connectivity index (χ0v) is 9.98. The highest BCUT2D eigenvalue weighted by molar-refractivity contribution is 6.07. The number of amidine groups is 1. The number of carbonyl (C=O) groups is 1. The largest absolute Gasteiger partial charge is 0.494 e. The maximum Gasteiger partial charge on any atom is 0.234 e. The number of nitrogens with two attached hydrogens (primary N) is 1. The lowest BCUT2D eigenvalue weighted by Gasteiger charge is -2.11. The van der Waals surface area contributed by atoms with Crippen molar-refractivity contribution in [2.45, 2.75) is 6.92 Å². The first-order valence-electron chi connectivity index (χ1n) is 5.11. The van der Waals surface area contributed by atoms with Crippen LogP contribution >= 0.6 is 0 Å². The van der Waals surface area contributed by atoms with Crippen molar-refractivity contribution in [2.75, 3.05) is 12.4 Å². The quantitative estimate of drug-likeness (QED) is 0.325. The second-order valence-electron chi connectivity index (χ2n) is 3.59. The van der Waals surface area contributed by atoms with E-state index in [4.69, 9.17) is 15.7 Å². The highest BCUT2D eigenvalue weighted by Gasteiger charge is 2.18. The van der Waals surface area contributed by atoms with Crippen molar-refractivity contribution in [1.82, 2.24) is 0 Å². The smallest absolute Gasteiger partial charge is 0.234 e. The predicted octanol–water partition coefficient (Wildman–Crippen LogP) is 1.16. The van der Waals surface area contributed by atoms with Crippen molar-refractivity contribution >= 4 is 17.4 Å². The Bertz CT molecular complexity index is 477. The summed E-state index contributed by atoms with van der Waals surface area (Å²) in [5.74, 6) is -2.05. The van der Waals surface area contributed by atoms with Crippen molar-refractivity contribution in [3.05, 3.63) is 24.0 Å². The molecule has 98 valence electrons. The van der Waals surface area contributed by atoms with Gasteiger partial charge in [-0.25, -0.2) is 4.39 Å². The number of nitrogens with zero attached hydrogens (tertiary/aromatic N) is 1. The van der Waals surface area contributed by atoms with Crippen LogP contribution in [0.5, 0.6) is 5.75 Å². The second-order valence-corrected chi connectivity index (χ2v) is 3.59. The number of carbonyl (C=O) groups excluding carboxylic acids is 1. The number of nitrogens with one attached hydrogen (secondary N) is 1. The Morgan fingerprint density at radius 1 is 1.61 bits per heavy atom. The second kappa shape index (κ2) is 5.85. The van der Waals surface area contributed by atoms with Gasteiger partial charge in [-0.2, -0.15) is 0 Å². The molecule has 0 aliphatic carbocycles. The molecule has 0 aliphatic rings. The summed E-state index contributed by atoms with van der Waals surface area (Å²) in [6, 6.07) is 3.99. The first kappa shape index (κ1) is 13.8. The number of oxime groups is 1. The molecule has 1 aromatic rings. The molecule has 0 aromatic heterocycles. The first-order valence-corrected chi connectivity index (χ1v) is 5.11. The van der Waals surface area contributed by atoms with Crippen LogP contribution in [-0.2, 0) is 4.79 Å². The average Bonchev–Trinajstić information content (AvgIpc) is 2.37. The Morgan fingerprint density at radius 3 is 2.78 bits per heavy atom. The first-order chi connectivity index (χ1) is 8.49. The predicted molar refractivity (Wildman–Crippen MR) is 64.2 cm³/mol. The van der Waals surface area contributed by atoms with Crippen LogP contribution in [0.1, 0.15) is 6.92 Å². The molecule has 1 amide bonds. The van der Waals surface area contributed by atoms with Gasteiger partial charge in [-0.3, -0.25) is 4.79 Å². The fraction of sp³-hybridized carbons (Fsp3) is 0.273. The third kappa shape index (κ3) is 3.09. The van der Waals surface area contributed by atoms with E-state index in [0.29, 0.717) is 0 Å². The van der Waals surface area contributed by atoms with Crippen molar-refractivity contribution in [3.8, 4) is 5.75 Å². The van der Waals surface area contributed by atoms with Gasteiger partial charge in [0.2, 0.25) is 5.91 Å². The molecule has 0 saturated carbocycles. The van der Waals surface area contributed by atoms with Crippen LogP contribution in [0.2, 0.25) is 0 Å². The van der Waals surface area contributed by atoms with E-state index in [-0.39, 0.29) is 17.3 Å². The number of hydrogen-bond donors (Lipinski definition) is 3. The summed E-state index contributed by atoms with van der Waals surface area (Å²) in [6.45, 7) is 1.46. The van der Waals surface area contributed by atoms with E-state index in [1.807, 2.05) is 0 Å². The minimum Gasteiger partial charge on any atom is -0.494 e. The molecule has 1 atom stereocenters. The molecule has 0 heterocycles. The molecule has 1 rings (SSSR count). The summed E-state index contributed by atoms with van der Waals surface area (Å²) in [4.78, 5) is 11.6. The lowest BCUT2D eigenvalue weighted by Crippen LogP contribution is -2.32. The van der Waals surface area contributed by atoms with Gasteiger partial charge in [0.05, 0.1) is 13.0 Å². The molecule has 0 saturated heterocycles. The van der Waals surface area contributed by atoms with Gasteiger partial charge >= 0.3 is 0 Å². The average molecular weight is 255 g/mol. The lowest BCUT2D eigenvalue weighted by atomic mass is 10.1. The summed E-state index contributed by atoms with van der Waals surface area (Å²) < 4.78 is 18.1. The van der Waals surface area contributed by atoms with Crippen LogP contribution in [0.4, 0.5) is 10.1 Å². The van der Waals surface area contributed by atoms with E-state index < -0.39 is 17.6 Å². The molecule has 7 heteroatoms. The normalized spacial score (nSPS) is 12.9. The Labute approximate surface area is 103 Å². The molecular formula is C11H14FN3O3. The Hall–Kier alpha value is -2.31. The number of methoxy groups -OCH3 is 1. The van der Waals surface area contributed by atoms with Crippen molar-refractivity contribution in [3.63, 3.8) is 0 Å². The van der Waals surface area contributed by atoms with E-state index in [9.17, 15) is 9.18 Å². The standard InChI is InChI=1S/C11H14FN3O3/c1-6(10(13)15-17)11(16)14-7-3-4-9(18-2)8(12)5-7/h3-6,17H,1-2H3,(H2,13,15)(H,14,16). The van der Waals surface area contributed by atoms with Gasteiger partial charge in [0.15, 0.2) is 17.4 Å². The molecule has 0 spiro atoms. The van der Waals surface area contributed by atoms with Crippen molar-refractivity contribution < 1.29 is 19.1 Å². The van der Waals surface area contributed by atoms with Gasteiger partial charge in [-0.1, -0.05) is 5.16 Å². The minimum absolute atomic E-state index is 0.0810. The van der Waals surface area contributed by atoms with Crippen LogP contribution in [0, 0.1) is 11.7 Å². The van der Waals surface area contributed by atoms with Crippen LogP contribution in [0.25, 0.3) is 0 Å². The number of anilines is 1. The summed E-state index contributed by atoms with van der Waals surface area (Å²) in [6.07, 6.45) is 0. The van der Waals surface area contributed by atoms with E-state index in [2.05, 4.69) is 10.5 Å². The number of ether oxygens (including phenoxy) is 1. The van der Waals surface area contributed by atoms with E-state index in [1.165, 1.54) is 26.2 Å². The highest BCUT2D eigenvalue weighted by Crippen LogP contribution is 2.20. The minimum atomic E-state index is -0.819. The topological polar surface area (TPSA) is 96.9 Å². The van der Waals surface area contributed by atoms with Crippen LogP contribution in [-0.4, -0.2) is 24.1 Å². The highest BCUT2D eigenvalue weighted by atomic mass is 19.1. The van der Waals surface area contributed by atoms with Gasteiger partial charge in [0.1, 0.15) is 0 Å². The fourth-order valence-corrected chi connectivity index (χ4v) is 1.22. The Morgan fingerprint density at radius 2 is 2.28 bits per heavy atom. The van der Waals surface area contributed by atoms with Crippen molar-refractivity contribution in [2.24, 2.45) is 16.8 Å². The van der Waals surface area contributed by atoms with Crippen molar-refractivity contribution in [1.29, 1.82) is 0 Å². The number of rotatable bonds is 4. The Kier molecular flexibility index (Phi) is 4.47. The molecular weight excluding hydrogens is 241 g/mol. The number of benzene rings is 1. The zero-order chi connectivity index (χ0) is 13.7. The summed E-state index contributed by atoms with van der Waals surface area (Å²) in [5, 5.41) is 13.6. The molecule has 0 bridgehead atoms. The zero-order valence-electron chi connectivity index (χ0n) is 9.98. The van der Waals surface area contributed by atoms with Gasteiger partial charge in [0, 0.05) is 11.8 Å². The van der Waals surface area contributed by atoms with Gasteiger partial charge in [-0.05, 0) is 19.1 Å². The van der Waals surface area contributed by atoms with Crippen LogP contribution < -0.4 is 15.8 Å². The molecule has 4 N–H and O–H groups in total. The molecule has 18 heavy (non-hydrogen) atoms. The maximum absolute atomic E-state index is 13.4. The van der Waals surface area contributed by atoms with Gasteiger partial charge in [-0.15, -0.1) is 0 Å². The molecule has 1 unspecified atom stereocenters. The summed E-state index contributed by atoms with van der Waals surface area (Å²) >= 11 is 0.